The standard InChI is InChI=1S/C13H18N2/c1-2-3-8-13(14)15-10-9-11-6-4-5-7-12(11)15/h4-7,9-10,13H,2-3,8,14H2,1H3. The SMILES string of the molecule is CCCCC(N)n1ccc2ccccc21. The molecule has 1 atom stereocenters. The Morgan fingerprint density at radius 1 is 1.27 bits per heavy atom. The molecule has 2 heteroatoms. The van der Waals surface area contributed by atoms with Crippen molar-refractivity contribution in [2.24, 2.45) is 5.73 Å². The van der Waals surface area contributed by atoms with Gasteiger partial charge in [0.1, 0.15) is 0 Å². The highest BCUT2D eigenvalue weighted by Gasteiger charge is 2.06. The van der Waals surface area contributed by atoms with Gasteiger partial charge in [0.05, 0.1) is 6.17 Å². The van der Waals surface area contributed by atoms with Crippen molar-refractivity contribution >= 4 is 10.9 Å². The molecule has 2 nitrogen and oxygen atoms in total. The second-order valence-corrected chi connectivity index (χ2v) is 3.99. The van der Waals surface area contributed by atoms with Crippen LogP contribution in [-0.4, -0.2) is 4.57 Å². The zero-order valence-corrected chi connectivity index (χ0v) is 9.19. The highest BCUT2D eigenvalue weighted by Crippen LogP contribution is 2.20. The van der Waals surface area contributed by atoms with Crippen LogP contribution in [0.4, 0.5) is 0 Å². The van der Waals surface area contributed by atoms with Gasteiger partial charge in [-0.05, 0) is 23.9 Å². The predicted molar refractivity (Wildman–Crippen MR) is 64.7 cm³/mol. The van der Waals surface area contributed by atoms with E-state index in [1.807, 2.05) is 0 Å². The highest BCUT2D eigenvalue weighted by atomic mass is 15.1. The van der Waals surface area contributed by atoms with Gasteiger partial charge in [0.15, 0.2) is 0 Å². The van der Waals surface area contributed by atoms with Gasteiger partial charge in [-0.3, -0.25) is 0 Å². The Hall–Kier alpha value is -1.28. The molecule has 2 aromatic rings. The van der Waals surface area contributed by atoms with Crippen LogP contribution in [0.3, 0.4) is 0 Å². The zero-order chi connectivity index (χ0) is 10.7. The molecule has 1 aromatic heterocycles. The molecule has 15 heavy (non-hydrogen) atoms. The van der Waals surface area contributed by atoms with Crippen LogP contribution in [-0.2, 0) is 0 Å². The number of nitrogens with zero attached hydrogens (tertiary/aromatic N) is 1. The van der Waals surface area contributed by atoms with E-state index in [-0.39, 0.29) is 6.17 Å². The minimum atomic E-state index is 0.116. The van der Waals surface area contributed by atoms with E-state index >= 15 is 0 Å². The lowest BCUT2D eigenvalue weighted by atomic mass is 10.2. The van der Waals surface area contributed by atoms with E-state index in [2.05, 4.69) is 48.0 Å². The molecule has 80 valence electrons. The summed E-state index contributed by atoms with van der Waals surface area (Å²) in [6.45, 7) is 2.19. The van der Waals surface area contributed by atoms with Gasteiger partial charge < -0.3 is 10.3 Å². The molecule has 0 aliphatic rings. The molecule has 1 unspecified atom stereocenters. The van der Waals surface area contributed by atoms with Crippen molar-refractivity contribution in [3.63, 3.8) is 0 Å². The lowest BCUT2D eigenvalue weighted by Gasteiger charge is -2.14. The van der Waals surface area contributed by atoms with Crippen molar-refractivity contribution in [2.45, 2.75) is 32.4 Å². The summed E-state index contributed by atoms with van der Waals surface area (Å²) in [5.41, 5.74) is 7.39. The fourth-order valence-corrected chi connectivity index (χ4v) is 1.95. The molecule has 2 rings (SSSR count). The van der Waals surface area contributed by atoms with E-state index in [0.717, 1.165) is 6.42 Å². The average Bonchev–Trinajstić information content (AvgIpc) is 2.69. The maximum Gasteiger partial charge on any atom is 0.0814 e. The summed E-state index contributed by atoms with van der Waals surface area (Å²) < 4.78 is 2.17. The molecule has 0 fully saturated rings. The van der Waals surface area contributed by atoms with Crippen LogP contribution in [0, 0.1) is 0 Å². The Bertz CT molecular complexity index is 431. The van der Waals surface area contributed by atoms with Crippen LogP contribution < -0.4 is 5.73 Å². The highest BCUT2D eigenvalue weighted by molar-refractivity contribution is 5.80. The summed E-state index contributed by atoms with van der Waals surface area (Å²) in [7, 11) is 0. The van der Waals surface area contributed by atoms with Gasteiger partial charge in [0.25, 0.3) is 0 Å². The van der Waals surface area contributed by atoms with Crippen LogP contribution in [0.5, 0.6) is 0 Å². The molecular formula is C13H18N2. The lowest BCUT2D eigenvalue weighted by Crippen LogP contribution is -2.17. The molecule has 0 amide bonds. The predicted octanol–water partition coefficient (Wildman–Crippen LogP) is 3.29. The maximum absolute atomic E-state index is 6.15. The number of fused-ring (bicyclic) bond motifs is 1. The third kappa shape index (κ3) is 2.05. The first-order valence-electron chi connectivity index (χ1n) is 5.64. The van der Waals surface area contributed by atoms with Crippen molar-refractivity contribution in [1.29, 1.82) is 0 Å². The van der Waals surface area contributed by atoms with Crippen molar-refractivity contribution in [3.05, 3.63) is 36.5 Å². The lowest BCUT2D eigenvalue weighted by molar-refractivity contribution is 0.477. The van der Waals surface area contributed by atoms with E-state index in [1.54, 1.807) is 0 Å². The largest absolute Gasteiger partial charge is 0.332 e. The van der Waals surface area contributed by atoms with Gasteiger partial charge in [-0.2, -0.15) is 0 Å². The first-order chi connectivity index (χ1) is 7.33. The number of benzene rings is 1. The smallest absolute Gasteiger partial charge is 0.0814 e. The van der Waals surface area contributed by atoms with Crippen molar-refractivity contribution < 1.29 is 0 Å². The van der Waals surface area contributed by atoms with Crippen molar-refractivity contribution in [2.75, 3.05) is 0 Å². The summed E-state index contributed by atoms with van der Waals surface area (Å²) >= 11 is 0. The zero-order valence-electron chi connectivity index (χ0n) is 9.19. The van der Waals surface area contributed by atoms with Crippen LogP contribution in [0.2, 0.25) is 0 Å². The molecule has 1 heterocycles. The maximum atomic E-state index is 6.15. The minimum absolute atomic E-state index is 0.116. The first-order valence-corrected chi connectivity index (χ1v) is 5.64. The van der Waals surface area contributed by atoms with Gasteiger partial charge in [0.2, 0.25) is 0 Å². The second-order valence-electron chi connectivity index (χ2n) is 3.99. The quantitative estimate of drug-likeness (QED) is 0.810. The van der Waals surface area contributed by atoms with E-state index < -0.39 is 0 Å². The number of para-hydroxylation sites is 1. The molecule has 0 aliphatic carbocycles. The summed E-state index contributed by atoms with van der Waals surface area (Å²) in [6, 6.07) is 10.5. The molecule has 0 aliphatic heterocycles. The summed E-state index contributed by atoms with van der Waals surface area (Å²) in [6.07, 6.45) is 5.64. The number of hydrogen-bond acceptors (Lipinski definition) is 1. The number of unbranched alkanes of at least 4 members (excludes halogenated alkanes) is 1. The fraction of sp³-hybridized carbons (Fsp3) is 0.385. The molecule has 0 saturated carbocycles. The molecule has 0 spiro atoms. The van der Waals surface area contributed by atoms with E-state index in [4.69, 9.17) is 5.73 Å². The van der Waals surface area contributed by atoms with Gasteiger partial charge in [-0.15, -0.1) is 0 Å². The Balaban J connectivity index is 2.27. The normalized spacial score (nSPS) is 13.2. The average molecular weight is 202 g/mol. The molecule has 0 bridgehead atoms. The summed E-state index contributed by atoms with van der Waals surface area (Å²) in [5.74, 6) is 0. The van der Waals surface area contributed by atoms with Crippen LogP contribution >= 0.6 is 0 Å². The first kappa shape index (κ1) is 10.2. The monoisotopic (exact) mass is 202 g/mol. The number of rotatable bonds is 4. The van der Waals surface area contributed by atoms with E-state index in [1.165, 1.54) is 23.7 Å². The fourth-order valence-electron chi connectivity index (χ4n) is 1.95. The molecular weight excluding hydrogens is 184 g/mol. The molecule has 2 N–H and O–H groups in total. The Morgan fingerprint density at radius 2 is 2.07 bits per heavy atom. The molecule has 0 radical (unpaired) electrons. The Morgan fingerprint density at radius 3 is 2.87 bits per heavy atom. The third-order valence-electron chi connectivity index (χ3n) is 2.84. The van der Waals surface area contributed by atoms with E-state index in [9.17, 15) is 0 Å². The minimum Gasteiger partial charge on any atom is -0.332 e. The number of hydrogen-bond donors (Lipinski definition) is 1. The van der Waals surface area contributed by atoms with Gasteiger partial charge in [-0.1, -0.05) is 38.0 Å². The van der Waals surface area contributed by atoms with Crippen molar-refractivity contribution in [1.82, 2.24) is 4.57 Å². The number of aromatic nitrogens is 1. The second kappa shape index (κ2) is 4.49. The summed E-state index contributed by atoms with van der Waals surface area (Å²) in [4.78, 5) is 0. The summed E-state index contributed by atoms with van der Waals surface area (Å²) in [5, 5.41) is 1.27. The van der Waals surface area contributed by atoms with Crippen LogP contribution in [0.15, 0.2) is 36.5 Å². The van der Waals surface area contributed by atoms with Crippen LogP contribution in [0.1, 0.15) is 32.4 Å². The third-order valence-corrected chi connectivity index (χ3v) is 2.84. The molecule has 1 aromatic carbocycles. The Labute approximate surface area is 90.7 Å². The van der Waals surface area contributed by atoms with Crippen molar-refractivity contribution in [3.8, 4) is 0 Å². The number of nitrogens with two attached hydrogens (primary N) is 1. The van der Waals surface area contributed by atoms with Gasteiger partial charge in [0, 0.05) is 11.7 Å². The molecule has 0 saturated heterocycles. The van der Waals surface area contributed by atoms with Gasteiger partial charge in [-0.25, -0.2) is 0 Å². The Kier molecular flexibility index (Phi) is 3.07. The van der Waals surface area contributed by atoms with Gasteiger partial charge >= 0.3 is 0 Å². The van der Waals surface area contributed by atoms with Crippen LogP contribution in [0.25, 0.3) is 10.9 Å². The van der Waals surface area contributed by atoms with E-state index in [0.29, 0.717) is 0 Å². The topological polar surface area (TPSA) is 30.9 Å².